The van der Waals surface area contributed by atoms with Gasteiger partial charge in [-0.2, -0.15) is 0 Å². The molecule has 1 amide bonds. The quantitative estimate of drug-likeness (QED) is 0.920. The summed E-state index contributed by atoms with van der Waals surface area (Å²) in [5.41, 5.74) is 0.817. The molecule has 1 aromatic heterocycles. The fourth-order valence-electron chi connectivity index (χ4n) is 1.25. The Hall–Kier alpha value is -1.33. The number of nitrogens with one attached hydrogen (secondary N) is 1. The first-order valence-corrected chi connectivity index (χ1v) is 5.93. The lowest BCUT2D eigenvalue weighted by Gasteiger charge is -2.05. The number of carbonyl (C=O) groups excluding carboxylic acids is 1. The molecule has 0 fully saturated rings. The van der Waals surface area contributed by atoms with Crippen molar-refractivity contribution in [3.63, 3.8) is 0 Å². The molecule has 17 heavy (non-hydrogen) atoms. The van der Waals surface area contributed by atoms with E-state index >= 15 is 0 Å². The van der Waals surface area contributed by atoms with Crippen molar-refractivity contribution in [1.29, 1.82) is 0 Å². The number of amides is 1. The standard InChI is InChI=1S/C11H8BrClN2O2/c1-6-4-10(15-17-6)11(16)14-9-5-7(13)2-3-8(9)12/h2-5H,1H3,(H,14,16). The Bertz CT molecular complexity index is 568. The molecule has 1 heterocycles. The van der Waals surface area contributed by atoms with Crippen LogP contribution in [0.1, 0.15) is 16.2 Å². The fourth-order valence-corrected chi connectivity index (χ4v) is 1.77. The maximum atomic E-state index is 11.8. The average Bonchev–Trinajstić information content (AvgIpc) is 2.70. The van der Waals surface area contributed by atoms with E-state index in [1.807, 2.05) is 0 Å². The van der Waals surface area contributed by atoms with Crippen LogP contribution < -0.4 is 5.32 Å². The lowest BCUT2D eigenvalue weighted by molar-refractivity contribution is 0.101. The molecular weight excluding hydrogens is 307 g/mol. The molecule has 1 N–H and O–H groups in total. The van der Waals surface area contributed by atoms with E-state index in [9.17, 15) is 4.79 Å². The van der Waals surface area contributed by atoms with Crippen LogP contribution in [-0.4, -0.2) is 11.1 Å². The van der Waals surface area contributed by atoms with Gasteiger partial charge in [0.1, 0.15) is 5.76 Å². The van der Waals surface area contributed by atoms with Crippen LogP contribution in [0.3, 0.4) is 0 Å². The Morgan fingerprint density at radius 3 is 2.88 bits per heavy atom. The van der Waals surface area contributed by atoms with Crippen LogP contribution >= 0.6 is 27.5 Å². The second-order valence-corrected chi connectivity index (χ2v) is 4.69. The smallest absolute Gasteiger partial charge is 0.277 e. The Morgan fingerprint density at radius 2 is 2.24 bits per heavy atom. The van der Waals surface area contributed by atoms with E-state index in [0.717, 1.165) is 4.47 Å². The summed E-state index contributed by atoms with van der Waals surface area (Å²) in [5, 5.41) is 6.86. The van der Waals surface area contributed by atoms with E-state index in [0.29, 0.717) is 16.5 Å². The van der Waals surface area contributed by atoms with Crippen molar-refractivity contribution in [3.05, 3.63) is 45.2 Å². The number of hydrogen-bond donors (Lipinski definition) is 1. The van der Waals surface area contributed by atoms with Crippen LogP contribution in [0.2, 0.25) is 5.02 Å². The fraction of sp³-hybridized carbons (Fsp3) is 0.0909. The number of benzene rings is 1. The number of aryl methyl sites for hydroxylation is 1. The Balaban J connectivity index is 2.21. The summed E-state index contributed by atoms with van der Waals surface area (Å²) in [6.07, 6.45) is 0. The zero-order valence-corrected chi connectivity index (χ0v) is 11.2. The minimum absolute atomic E-state index is 0.231. The molecule has 2 aromatic rings. The number of halogens is 2. The maximum absolute atomic E-state index is 11.8. The van der Waals surface area contributed by atoms with Crippen molar-refractivity contribution in [1.82, 2.24) is 5.16 Å². The summed E-state index contributed by atoms with van der Waals surface area (Å²) in [7, 11) is 0. The molecule has 2 rings (SSSR count). The van der Waals surface area contributed by atoms with Crippen LogP contribution in [0.25, 0.3) is 0 Å². The van der Waals surface area contributed by atoms with E-state index < -0.39 is 0 Å². The first-order valence-electron chi connectivity index (χ1n) is 4.76. The van der Waals surface area contributed by atoms with E-state index in [4.69, 9.17) is 16.1 Å². The second-order valence-electron chi connectivity index (χ2n) is 3.40. The number of anilines is 1. The van der Waals surface area contributed by atoms with E-state index in [1.54, 1.807) is 31.2 Å². The average molecular weight is 316 g/mol. The largest absolute Gasteiger partial charge is 0.361 e. The van der Waals surface area contributed by atoms with Gasteiger partial charge in [-0.3, -0.25) is 4.79 Å². The molecule has 88 valence electrons. The SMILES string of the molecule is Cc1cc(C(=O)Nc2cc(Cl)ccc2Br)no1. The molecule has 0 aliphatic heterocycles. The van der Waals surface area contributed by atoms with Crippen molar-refractivity contribution in [2.24, 2.45) is 0 Å². The number of hydrogen-bond acceptors (Lipinski definition) is 3. The van der Waals surface area contributed by atoms with Crippen LogP contribution in [-0.2, 0) is 0 Å². The van der Waals surface area contributed by atoms with Gasteiger partial charge in [-0.1, -0.05) is 16.8 Å². The van der Waals surface area contributed by atoms with Gasteiger partial charge in [0.05, 0.1) is 5.69 Å². The third kappa shape index (κ3) is 2.87. The number of rotatable bonds is 2. The first kappa shape index (κ1) is 12.1. The lowest BCUT2D eigenvalue weighted by atomic mass is 10.3. The second kappa shape index (κ2) is 4.89. The molecule has 0 aliphatic rings. The highest BCUT2D eigenvalue weighted by atomic mass is 79.9. The molecule has 0 aliphatic carbocycles. The molecule has 4 nitrogen and oxygen atoms in total. The number of carbonyl (C=O) groups is 1. The van der Waals surface area contributed by atoms with Gasteiger partial charge in [-0.25, -0.2) is 0 Å². The van der Waals surface area contributed by atoms with Crippen molar-refractivity contribution < 1.29 is 9.32 Å². The van der Waals surface area contributed by atoms with Gasteiger partial charge in [-0.15, -0.1) is 0 Å². The van der Waals surface area contributed by atoms with Crippen LogP contribution in [0.15, 0.2) is 33.3 Å². The Morgan fingerprint density at radius 1 is 1.47 bits per heavy atom. The topological polar surface area (TPSA) is 55.1 Å². The van der Waals surface area contributed by atoms with E-state index in [1.165, 1.54) is 0 Å². The van der Waals surface area contributed by atoms with E-state index in [-0.39, 0.29) is 11.6 Å². The summed E-state index contributed by atoms with van der Waals surface area (Å²) in [6, 6.07) is 6.69. The molecule has 0 bridgehead atoms. The van der Waals surface area contributed by atoms with Crippen LogP contribution in [0.5, 0.6) is 0 Å². The minimum atomic E-state index is -0.343. The number of aromatic nitrogens is 1. The van der Waals surface area contributed by atoms with Crippen molar-refractivity contribution >= 4 is 39.1 Å². The molecule has 0 saturated heterocycles. The molecule has 0 unspecified atom stereocenters. The van der Waals surface area contributed by atoms with Crippen molar-refractivity contribution in [2.75, 3.05) is 5.32 Å². The molecule has 6 heteroatoms. The highest BCUT2D eigenvalue weighted by molar-refractivity contribution is 9.10. The normalized spacial score (nSPS) is 10.3. The maximum Gasteiger partial charge on any atom is 0.277 e. The zero-order chi connectivity index (χ0) is 12.4. The monoisotopic (exact) mass is 314 g/mol. The van der Waals surface area contributed by atoms with Gasteiger partial charge >= 0.3 is 0 Å². The van der Waals surface area contributed by atoms with Crippen LogP contribution in [0.4, 0.5) is 5.69 Å². The predicted octanol–water partition coefficient (Wildman–Crippen LogP) is 3.65. The summed E-state index contributed by atoms with van der Waals surface area (Å²) in [6.45, 7) is 1.72. The van der Waals surface area contributed by atoms with E-state index in [2.05, 4.69) is 26.4 Å². The molecule has 0 spiro atoms. The molecule has 0 saturated carbocycles. The third-order valence-corrected chi connectivity index (χ3v) is 2.96. The Kier molecular flexibility index (Phi) is 3.49. The highest BCUT2D eigenvalue weighted by Gasteiger charge is 2.12. The van der Waals surface area contributed by atoms with Crippen molar-refractivity contribution in [2.45, 2.75) is 6.92 Å². The first-order chi connectivity index (χ1) is 8.06. The number of nitrogens with zero attached hydrogens (tertiary/aromatic N) is 1. The third-order valence-electron chi connectivity index (χ3n) is 2.04. The molecule has 0 radical (unpaired) electrons. The molecule has 1 aromatic carbocycles. The van der Waals surface area contributed by atoms with Crippen LogP contribution in [0, 0.1) is 6.92 Å². The van der Waals surface area contributed by atoms with Gasteiger partial charge in [-0.05, 0) is 41.1 Å². The Labute approximate surface area is 111 Å². The van der Waals surface area contributed by atoms with Gasteiger partial charge < -0.3 is 9.84 Å². The van der Waals surface area contributed by atoms with Gasteiger partial charge in [0.2, 0.25) is 0 Å². The van der Waals surface area contributed by atoms with Gasteiger partial charge in [0.25, 0.3) is 5.91 Å². The summed E-state index contributed by atoms with van der Waals surface area (Å²) in [5.74, 6) is 0.241. The summed E-state index contributed by atoms with van der Waals surface area (Å²) in [4.78, 5) is 11.8. The lowest BCUT2D eigenvalue weighted by Crippen LogP contribution is -2.12. The highest BCUT2D eigenvalue weighted by Crippen LogP contribution is 2.26. The molecular formula is C11H8BrClN2O2. The van der Waals surface area contributed by atoms with Crippen molar-refractivity contribution in [3.8, 4) is 0 Å². The summed E-state index contributed by atoms with van der Waals surface area (Å²) < 4.78 is 5.57. The summed E-state index contributed by atoms with van der Waals surface area (Å²) >= 11 is 9.16. The zero-order valence-electron chi connectivity index (χ0n) is 8.83. The van der Waals surface area contributed by atoms with Gasteiger partial charge in [0.15, 0.2) is 5.69 Å². The van der Waals surface area contributed by atoms with Gasteiger partial charge in [0, 0.05) is 15.6 Å². The predicted molar refractivity (Wildman–Crippen MR) is 68.3 cm³/mol. The minimum Gasteiger partial charge on any atom is -0.361 e. The molecule has 0 atom stereocenters.